The van der Waals surface area contributed by atoms with E-state index in [1.165, 1.54) is 23.9 Å². The molecule has 4 rings (SSSR count). The first-order chi connectivity index (χ1) is 16.6. The second kappa shape index (κ2) is 9.87. The highest BCUT2D eigenvalue weighted by atomic mass is 19.4. The van der Waals surface area contributed by atoms with E-state index in [9.17, 15) is 22.8 Å². The lowest BCUT2D eigenvalue weighted by molar-refractivity contribution is -0.137. The van der Waals surface area contributed by atoms with E-state index in [0.29, 0.717) is 31.9 Å². The van der Waals surface area contributed by atoms with Gasteiger partial charge in [0.1, 0.15) is 11.4 Å². The fraction of sp³-hybridized carbons (Fsp3) is 0.333. The molecule has 0 N–H and O–H groups in total. The van der Waals surface area contributed by atoms with Crippen LogP contribution in [0.3, 0.4) is 0 Å². The lowest BCUT2D eigenvalue weighted by Crippen LogP contribution is -2.54. The molecule has 8 nitrogen and oxygen atoms in total. The molecule has 1 aliphatic rings. The zero-order chi connectivity index (χ0) is 25.2. The average molecular weight is 487 g/mol. The van der Waals surface area contributed by atoms with Crippen LogP contribution in [-0.2, 0) is 12.7 Å². The Morgan fingerprint density at radius 2 is 1.94 bits per heavy atom. The maximum atomic E-state index is 12.9. The number of ketones is 1. The molecule has 0 spiro atoms. The number of hydrogen-bond donors (Lipinski definition) is 0. The van der Waals surface area contributed by atoms with Gasteiger partial charge in [-0.05, 0) is 36.8 Å². The van der Waals surface area contributed by atoms with Crippen molar-refractivity contribution in [2.45, 2.75) is 32.6 Å². The van der Waals surface area contributed by atoms with Gasteiger partial charge in [-0.3, -0.25) is 9.69 Å². The summed E-state index contributed by atoms with van der Waals surface area (Å²) in [6.07, 6.45) is -1.92. The Morgan fingerprint density at radius 3 is 2.63 bits per heavy atom. The second-order valence-corrected chi connectivity index (χ2v) is 8.39. The van der Waals surface area contributed by atoms with Gasteiger partial charge in [-0.25, -0.2) is 9.78 Å². The number of Topliss-reactive ketones (excluding diaryl/α,β-unsaturated/α-hetero) is 1. The van der Waals surface area contributed by atoms with Crippen molar-refractivity contribution in [3.8, 4) is 11.6 Å². The van der Waals surface area contributed by atoms with Gasteiger partial charge in [0.2, 0.25) is 5.88 Å². The molecule has 3 aromatic rings. The van der Waals surface area contributed by atoms with Gasteiger partial charge >= 0.3 is 12.2 Å². The highest BCUT2D eigenvalue weighted by molar-refractivity contribution is 5.92. The minimum absolute atomic E-state index is 0.0880. The molecule has 1 aliphatic heterocycles. The molecule has 1 aromatic carbocycles. The monoisotopic (exact) mass is 487 g/mol. The van der Waals surface area contributed by atoms with Crippen molar-refractivity contribution in [2.75, 3.05) is 19.6 Å². The predicted octanol–water partition coefficient (Wildman–Crippen LogP) is 4.47. The molecule has 0 radical (unpaired) electrons. The Labute approximate surface area is 199 Å². The number of pyridine rings is 1. The standard InChI is InChI=1S/C24H24F3N5O3/c1-16-14-30(10-11-31(16)23(34)32-9-7-21(29-32)17(2)33)15-18-4-3-5-20(12-18)35-22-13-19(6-8-28-22)24(25,26)27/h3-9,12-13,16H,10-11,14-15H2,1-2H3/t16-/m1/s1. The van der Waals surface area contributed by atoms with Crippen molar-refractivity contribution in [3.63, 3.8) is 0 Å². The molecule has 11 heteroatoms. The number of carbonyl (C=O) groups excluding carboxylic acids is 2. The molecular formula is C24H24F3N5O3. The lowest BCUT2D eigenvalue weighted by Gasteiger charge is -2.39. The van der Waals surface area contributed by atoms with Crippen LogP contribution in [0.4, 0.5) is 18.0 Å². The quantitative estimate of drug-likeness (QED) is 0.494. The van der Waals surface area contributed by atoms with Gasteiger partial charge in [0.15, 0.2) is 5.78 Å². The largest absolute Gasteiger partial charge is 0.439 e. The molecule has 1 fully saturated rings. The van der Waals surface area contributed by atoms with Crippen LogP contribution < -0.4 is 4.74 Å². The Hall–Kier alpha value is -3.73. The van der Waals surface area contributed by atoms with Crippen LogP contribution in [0.15, 0.2) is 54.9 Å². The first-order valence-electron chi connectivity index (χ1n) is 11.0. The number of alkyl halides is 3. The van der Waals surface area contributed by atoms with Crippen molar-refractivity contribution in [3.05, 3.63) is 71.7 Å². The molecular weight excluding hydrogens is 463 g/mol. The first kappa shape index (κ1) is 24.4. The Morgan fingerprint density at radius 1 is 1.14 bits per heavy atom. The van der Waals surface area contributed by atoms with Crippen LogP contribution in [0.1, 0.15) is 35.5 Å². The van der Waals surface area contributed by atoms with E-state index in [1.807, 2.05) is 13.0 Å². The van der Waals surface area contributed by atoms with E-state index in [1.54, 1.807) is 23.1 Å². The Balaban J connectivity index is 1.37. The van der Waals surface area contributed by atoms with Gasteiger partial charge in [0.05, 0.1) is 5.56 Å². The normalized spacial score (nSPS) is 16.8. The van der Waals surface area contributed by atoms with Crippen molar-refractivity contribution in [2.24, 2.45) is 0 Å². The van der Waals surface area contributed by atoms with E-state index in [4.69, 9.17) is 4.74 Å². The summed E-state index contributed by atoms with van der Waals surface area (Å²) in [7, 11) is 0. The number of amides is 1. The van der Waals surface area contributed by atoms with E-state index in [2.05, 4.69) is 15.0 Å². The number of hydrogen-bond acceptors (Lipinski definition) is 6. The minimum Gasteiger partial charge on any atom is -0.439 e. The van der Waals surface area contributed by atoms with Crippen LogP contribution in [0.25, 0.3) is 0 Å². The SMILES string of the molecule is CC(=O)c1ccn(C(=O)N2CCN(Cc3cccc(Oc4cc(C(F)(F)F)ccn4)c3)C[C@H]2C)n1. The van der Waals surface area contributed by atoms with Crippen molar-refractivity contribution < 1.29 is 27.5 Å². The fourth-order valence-electron chi connectivity index (χ4n) is 3.94. The summed E-state index contributed by atoms with van der Waals surface area (Å²) in [5.41, 5.74) is 0.333. The van der Waals surface area contributed by atoms with Crippen LogP contribution >= 0.6 is 0 Å². The summed E-state index contributed by atoms with van der Waals surface area (Å²) in [4.78, 5) is 32.0. The number of piperazine rings is 1. The molecule has 2 aromatic heterocycles. The summed E-state index contributed by atoms with van der Waals surface area (Å²) in [5, 5.41) is 4.05. The van der Waals surface area contributed by atoms with Crippen LogP contribution in [0.2, 0.25) is 0 Å². The highest BCUT2D eigenvalue weighted by Crippen LogP contribution is 2.31. The molecule has 0 aliphatic carbocycles. The molecule has 184 valence electrons. The highest BCUT2D eigenvalue weighted by Gasteiger charge is 2.31. The topological polar surface area (TPSA) is 80.6 Å². The van der Waals surface area contributed by atoms with Crippen LogP contribution in [-0.4, -0.2) is 62.1 Å². The smallest absolute Gasteiger partial charge is 0.416 e. The molecule has 3 heterocycles. The number of nitrogens with zero attached hydrogens (tertiary/aromatic N) is 5. The van der Waals surface area contributed by atoms with Gasteiger partial charge in [0, 0.05) is 57.6 Å². The molecule has 1 amide bonds. The molecule has 0 saturated carbocycles. The Kier molecular flexibility index (Phi) is 6.88. The number of aromatic nitrogens is 3. The maximum Gasteiger partial charge on any atom is 0.416 e. The fourth-order valence-corrected chi connectivity index (χ4v) is 3.94. The third kappa shape index (κ3) is 5.86. The van der Waals surface area contributed by atoms with Crippen molar-refractivity contribution >= 4 is 11.8 Å². The number of carbonyl (C=O) groups is 2. The van der Waals surface area contributed by atoms with Crippen molar-refractivity contribution in [1.29, 1.82) is 0 Å². The van der Waals surface area contributed by atoms with Gasteiger partial charge < -0.3 is 9.64 Å². The lowest BCUT2D eigenvalue weighted by atomic mass is 10.1. The number of rotatable bonds is 5. The summed E-state index contributed by atoms with van der Waals surface area (Å²) < 4.78 is 45.6. The van der Waals surface area contributed by atoms with Crippen LogP contribution in [0.5, 0.6) is 11.6 Å². The predicted molar refractivity (Wildman–Crippen MR) is 120 cm³/mol. The first-order valence-corrected chi connectivity index (χ1v) is 11.0. The molecule has 1 atom stereocenters. The third-order valence-electron chi connectivity index (χ3n) is 5.69. The summed E-state index contributed by atoms with van der Waals surface area (Å²) >= 11 is 0. The molecule has 1 saturated heterocycles. The van der Waals surface area contributed by atoms with Gasteiger partial charge in [-0.15, -0.1) is 0 Å². The van der Waals surface area contributed by atoms with Gasteiger partial charge in [0.25, 0.3) is 0 Å². The molecule has 0 unspecified atom stereocenters. The van der Waals surface area contributed by atoms with Gasteiger partial charge in [-0.2, -0.15) is 23.0 Å². The second-order valence-electron chi connectivity index (χ2n) is 8.39. The average Bonchev–Trinajstić information content (AvgIpc) is 3.30. The summed E-state index contributed by atoms with van der Waals surface area (Å²) in [6.45, 7) is 5.65. The molecule has 35 heavy (non-hydrogen) atoms. The van der Waals surface area contributed by atoms with Crippen molar-refractivity contribution in [1.82, 2.24) is 24.6 Å². The van der Waals surface area contributed by atoms with E-state index >= 15 is 0 Å². The summed E-state index contributed by atoms with van der Waals surface area (Å²) in [5.74, 6) is 0.0462. The van der Waals surface area contributed by atoms with E-state index in [0.717, 1.165) is 23.9 Å². The number of ether oxygens (including phenoxy) is 1. The third-order valence-corrected chi connectivity index (χ3v) is 5.69. The maximum absolute atomic E-state index is 12.9. The zero-order valence-corrected chi connectivity index (χ0v) is 19.2. The van der Waals surface area contributed by atoms with E-state index in [-0.39, 0.29) is 29.4 Å². The number of benzene rings is 1. The van der Waals surface area contributed by atoms with Gasteiger partial charge in [-0.1, -0.05) is 12.1 Å². The summed E-state index contributed by atoms with van der Waals surface area (Å²) in [6, 6.07) is 10.00. The zero-order valence-electron chi connectivity index (χ0n) is 19.2. The van der Waals surface area contributed by atoms with E-state index < -0.39 is 11.7 Å². The Bertz CT molecular complexity index is 1230. The minimum atomic E-state index is -4.48. The number of halogens is 3. The molecule has 0 bridgehead atoms. The van der Waals surface area contributed by atoms with Crippen LogP contribution in [0, 0.1) is 0 Å².